The maximum Gasteiger partial charge on any atom is 0.330 e. The SMILES string of the molecule is COC(=O)C(N)c1cc(C)no1. The summed E-state index contributed by atoms with van der Waals surface area (Å²) in [5.74, 6) is -0.217. The van der Waals surface area contributed by atoms with Crippen LogP contribution >= 0.6 is 0 Å². The zero-order valence-corrected chi connectivity index (χ0v) is 6.90. The molecule has 12 heavy (non-hydrogen) atoms. The van der Waals surface area contributed by atoms with Crippen LogP contribution in [0.3, 0.4) is 0 Å². The van der Waals surface area contributed by atoms with Crippen molar-refractivity contribution in [3.8, 4) is 0 Å². The first-order valence-corrected chi connectivity index (χ1v) is 3.41. The highest BCUT2D eigenvalue weighted by molar-refractivity contribution is 5.76. The number of aromatic nitrogens is 1. The minimum atomic E-state index is -0.879. The van der Waals surface area contributed by atoms with Gasteiger partial charge in [0.1, 0.15) is 0 Å². The summed E-state index contributed by atoms with van der Waals surface area (Å²) in [4.78, 5) is 10.9. The fourth-order valence-electron chi connectivity index (χ4n) is 0.773. The molecule has 0 aliphatic carbocycles. The Balaban J connectivity index is 2.77. The molecule has 0 amide bonds. The van der Waals surface area contributed by atoms with Gasteiger partial charge in [-0.2, -0.15) is 0 Å². The predicted molar refractivity (Wildman–Crippen MR) is 40.2 cm³/mol. The van der Waals surface area contributed by atoms with Gasteiger partial charge in [0, 0.05) is 6.07 Å². The second-order valence-corrected chi connectivity index (χ2v) is 2.37. The second kappa shape index (κ2) is 3.36. The quantitative estimate of drug-likeness (QED) is 0.639. The maximum absolute atomic E-state index is 10.9. The van der Waals surface area contributed by atoms with Gasteiger partial charge in [-0.25, -0.2) is 4.79 Å². The molecule has 5 nitrogen and oxygen atoms in total. The first-order valence-electron chi connectivity index (χ1n) is 3.41. The van der Waals surface area contributed by atoms with E-state index in [0.29, 0.717) is 11.5 Å². The van der Waals surface area contributed by atoms with Gasteiger partial charge in [0.15, 0.2) is 11.8 Å². The number of aryl methyl sites for hydroxylation is 1. The van der Waals surface area contributed by atoms with Crippen molar-refractivity contribution in [2.45, 2.75) is 13.0 Å². The normalized spacial score (nSPS) is 12.6. The van der Waals surface area contributed by atoms with Crippen LogP contribution in [0.2, 0.25) is 0 Å². The molecule has 2 N–H and O–H groups in total. The molecule has 0 fully saturated rings. The maximum atomic E-state index is 10.9. The van der Waals surface area contributed by atoms with E-state index in [1.807, 2.05) is 0 Å². The van der Waals surface area contributed by atoms with Crippen LogP contribution < -0.4 is 5.73 Å². The summed E-state index contributed by atoms with van der Waals surface area (Å²) >= 11 is 0. The molecule has 1 aromatic rings. The van der Waals surface area contributed by atoms with Gasteiger partial charge >= 0.3 is 5.97 Å². The lowest BCUT2D eigenvalue weighted by atomic mass is 10.2. The van der Waals surface area contributed by atoms with Crippen LogP contribution in [0.25, 0.3) is 0 Å². The number of methoxy groups -OCH3 is 1. The molecule has 0 aromatic carbocycles. The summed E-state index contributed by atoms with van der Waals surface area (Å²) in [7, 11) is 1.27. The van der Waals surface area contributed by atoms with Gasteiger partial charge < -0.3 is 15.0 Å². The van der Waals surface area contributed by atoms with E-state index in [1.54, 1.807) is 13.0 Å². The van der Waals surface area contributed by atoms with Gasteiger partial charge in [-0.1, -0.05) is 5.16 Å². The summed E-state index contributed by atoms with van der Waals surface area (Å²) in [5.41, 5.74) is 6.14. The molecule has 0 aliphatic rings. The number of carbonyl (C=O) groups is 1. The fraction of sp³-hybridized carbons (Fsp3) is 0.429. The van der Waals surface area contributed by atoms with Crippen LogP contribution in [0.5, 0.6) is 0 Å². The number of hydrogen-bond donors (Lipinski definition) is 1. The van der Waals surface area contributed by atoms with Crippen molar-refractivity contribution in [1.82, 2.24) is 5.16 Å². The molecule has 66 valence electrons. The van der Waals surface area contributed by atoms with Crippen LogP contribution in [0.1, 0.15) is 17.5 Å². The van der Waals surface area contributed by atoms with E-state index in [9.17, 15) is 4.79 Å². The van der Waals surface area contributed by atoms with Crippen molar-refractivity contribution in [1.29, 1.82) is 0 Å². The standard InChI is InChI=1S/C7H10N2O3/c1-4-3-5(12-9-4)6(8)7(10)11-2/h3,6H,8H2,1-2H3. The molecule has 0 radical (unpaired) electrons. The predicted octanol–water partition coefficient (Wildman–Crippen LogP) is 0.156. The van der Waals surface area contributed by atoms with Gasteiger partial charge in [-0.15, -0.1) is 0 Å². The molecule has 5 heteroatoms. The van der Waals surface area contributed by atoms with Crippen LogP contribution in [0.4, 0.5) is 0 Å². The largest absolute Gasteiger partial charge is 0.468 e. The molecule has 0 spiro atoms. The van der Waals surface area contributed by atoms with Crippen molar-refractivity contribution in [3.63, 3.8) is 0 Å². The van der Waals surface area contributed by atoms with Gasteiger partial charge in [0.2, 0.25) is 0 Å². The first-order chi connectivity index (χ1) is 5.65. The van der Waals surface area contributed by atoms with E-state index in [-0.39, 0.29) is 0 Å². The van der Waals surface area contributed by atoms with E-state index < -0.39 is 12.0 Å². The summed E-state index contributed by atoms with van der Waals surface area (Å²) in [6.45, 7) is 1.75. The number of rotatable bonds is 2. The highest BCUT2D eigenvalue weighted by atomic mass is 16.5. The lowest BCUT2D eigenvalue weighted by Gasteiger charge is -2.03. The fourth-order valence-corrected chi connectivity index (χ4v) is 0.773. The van der Waals surface area contributed by atoms with Crippen LogP contribution in [-0.2, 0) is 9.53 Å². The Hall–Kier alpha value is -1.36. The zero-order chi connectivity index (χ0) is 9.14. The van der Waals surface area contributed by atoms with Crippen LogP contribution in [0.15, 0.2) is 10.6 Å². The Labute approximate surface area is 69.5 Å². The summed E-state index contributed by atoms with van der Waals surface area (Å²) in [6.07, 6.45) is 0. The molecule has 0 saturated heterocycles. The Morgan fingerprint density at radius 2 is 2.50 bits per heavy atom. The van der Waals surface area contributed by atoms with E-state index >= 15 is 0 Å². The van der Waals surface area contributed by atoms with Crippen molar-refractivity contribution < 1.29 is 14.1 Å². The molecule has 1 unspecified atom stereocenters. The molecule has 0 aliphatic heterocycles. The molecular formula is C7H10N2O3. The Morgan fingerprint density at radius 3 is 2.92 bits per heavy atom. The highest BCUT2D eigenvalue weighted by Gasteiger charge is 2.20. The molecule has 1 rings (SSSR count). The van der Waals surface area contributed by atoms with Gasteiger partial charge in [-0.3, -0.25) is 0 Å². The van der Waals surface area contributed by atoms with Gasteiger partial charge in [0.05, 0.1) is 12.8 Å². The third-order valence-electron chi connectivity index (χ3n) is 1.41. The van der Waals surface area contributed by atoms with Crippen molar-refractivity contribution in [3.05, 3.63) is 17.5 Å². The van der Waals surface area contributed by atoms with Gasteiger partial charge in [-0.05, 0) is 6.92 Å². The van der Waals surface area contributed by atoms with E-state index in [1.165, 1.54) is 7.11 Å². The minimum Gasteiger partial charge on any atom is -0.468 e. The third kappa shape index (κ3) is 1.62. The van der Waals surface area contributed by atoms with Crippen molar-refractivity contribution in [2.75, 3.05) is 7.11 Å². The molecule has 1 atom stereocenters. The summed E-state index contributed by atoms with van der Waals surface area (Å²) < 4.78 is 9.20. The van der Waals surface area contributed by atoms with E-state index in [0.717, 1.165) is 0 Å². The number of carbonyl (C=O) groups excluding carboxylic acids is 1. The number of hydrogen-bond acceptors (Lipinski definition) is 5. The average Bonchev–Trinajstić information content (AvgIpc) is 2.49. The molecule has 1 heterocycles. The zero-order valence-electron chi connectivity index (χ0n) is 6.90. The Bertz CT molecular complexity index is 282. The summed E-state index contributed by atoms with van der Waals surface area (Å²) in [6, 6.07) is 0.720. The van der Waals surface area contributed by atoms with Crippen molar-refractivity contribution >= 4 is 5.97 Å². The van der Waals surface area contributed by atoms with Crippen LogP contribution in [-0.4, -0.2) is 18.2 Å². The van der Waals surface area contributed by atoms with Crippen LogP contribution in [0, 0.1) is 6.92 Å². The Morgan fingerprint density at radius 1 is 1.83 bits per heavy atom. The number of nitrogens with two attached hydrogens (primary N) is 1. The van der Waals surface area contributed by atoms with E-state index in [2.05, 4.69) is 9.89 Å². The average molecular weight is 170 g/mol. The lowest BCUT2D eigenvalue weighted by molar-refractivity contribution is -0.142. The number of esters is 1. The topological polar surface area (TPSA) is 78.4 Å². The summed E-state index contributed by atoms with van der Waals surface area (Å²) in [5, 5.41) is 3.59. The molecule has 0 bridgehead atoms. The number of nitrogens with zero attached hydrogens (tertiary/aromatic N) is 1. The lowest BCUT2D eigenvalue weighted by Crippen LogP contribution is -2.21. The van der Waals surface area contributed by atoms with Crippen molar-refractivity contribution in [2.24, 2.45) is 5.73 Å². The first kappa shape index (κ1) is 8.73. The number of ether oxygens (including phenoxy) is 1. The van der Waals surface area contributed by atoms with E-state index in [4.69, 9.17) is 10.3 Å². The molecule has 1 aromatic heterocycles. The monoisotopic (exact) mass is 170 g/mol. The molecule has 0 saturated carbocycles. The minimum absolute atomic E-state index is 0.319. The second-order valence-electron chi connectivity index (χ2n) is 2.37. The third-order valence-corrected chi connectivity index (χ3v) is 1.41. The highest BCUT2D eigenvalue weighted by Crippen LogP contribution is 2.12. The van der Waals surface area contributed by atoms with Gasteiger partial charge in [0.25, 0.3) is 0 Å². The molecular weight excluding hydrogens is 160 g/mol. The Kier molecular flexibility index (Phi) is 2.44. The smallest absolute Gasteiger partial charge is 0.330 e.